The zero-order chi connectivity index (χ0) is 21.0. The number of rotatable bonds is 8. The Morgan fingerprint density at radius 3 is 2.55 bits per heavy atom. The van der Waals surface area contributed by atoms with E-state index in [1.807, 2.05) is 36.9 Å². The summed E-state index contributed by atoms with van der Waals surface area (Å²) in [4.78, 5) is 14.4. The molecule has 29 heavy (non-hydrogen) atoms. The van der Waals surface area contributed by atoms with Gasteiger partial charge in [-0.25, -0.2) is 4.68 Å². The van der Waals surface area contributed by atoms with E-state index in [1.54, 1.807) is 28.9 Å². The second kappa shape index (κ2) is 8.94. The van der Waals surface area contributed by atoms with E-state index < -0.39 is 0 Å². The second-order valence-corrected chi connectivity index (χ2v) is 7.47. The minimum atomic E-state index is -0.131. The van der Waals surface area contributed by atoms with Gasteiger partial charge < -0.3 is 9.64 Å². The van der Waals surface area contributed by atoms with Crippen molar-refractivity contribution >= 4 is 5.91 Å². The van der Waals surface area contributed by atoms with Crippen molar-refractivity contribution in [2.75, 3.05) is 7.05 Å². The highest BCUT2D eigenvalue weighted by molar-refractivity contribution is 5.91. The lowest BCUT2D eigenvalue weighted by Gasteiger charge is -2.15. The highest BCUT2D eigenvalue weighted by atomic mass is 16.5. The molecule has 3 aromatic rings. The standard InChI is InChI=1S/C22H29N5O2/c1-6-27-17(4)19(13-23-27)14-25(5)22(28)21-11-12-26(24-21)15-29-20-9-7-18(8-10-20)16(2)3/h7-13,16H,6,14-15H2,1-5H3. The molecular weight excluding hydrogens is 366 g/mol. The SMILES string of the molecule is CCn1ncc(CN(C)C(=O)c2ccn(COc3ccc(C(C)C)cc3)n2)c1C. The first kappa shape index (κ1) is 20.6. The zero-order valence-electron chi connectivity index (χ0n) is 17.8. The van der Waals surface area contributed by atoms with Gasteiger partial charge in [0.25, 0.3) is 5.91 Å². The number of ether oxygens (including phenoxy) is 1. The Morgan fingerprint density at radius 2 is 1.93 bits per heavy atom. The molecule has 0 unspecified atom stereocenters. The van der Waals surface area contributed by atoms with Gasteiger partial charge in [0.15, 0.2) is 12.4 Å². The molecule has 2 heterocycles. The predicted octanol–water partition coefficient (Wildman–Crippen LogP) is 3.84. The molecule has 0 aliphatic heterocycles. The van der Waals surface area contributed by atoms with E-state index in [2.05, 4.69) is 36.2 Å². The van der Waals surface area contributed by atoms with Crippen LogP contribution in [-0.4, -0.2) is 37.4 Å². The van der Waals surface area contributed by atoms with Crippen LogP contribution in [0.1, 0.15) is 54.0 Å². The van der Waals surface area contributed by atoms with Gasteiger partial charge in [0.2, 0.25) is 0 Å². The quantitative estimate of drug-likeness (QED) is 0.581. The molecule has 0 saturated heterocycles. The zero-order valence-corrected chi connectivity index (χ0v) is 17.8. The summed E-state index contributed by atoms with van der Waals surface area (Å²) >= 11 is 0. The molecule has 1 aromatic carbocycles. The van der Waals surface area contributed by atoms with Gasteiger partial charge in [-0.15, -0.1) is 0 Å². The summed E-state index contributed by atoms with van der Waals surface area (Å²) in [5.41, 5.74) is 3.78. The molecule has 2 aromatic heterocycles. The topological polar surface area (TPSA) is 65.2 Å². The van der Waals surface area contributed by atoms with Gasteiger partial charge in [-0.3, -0.25) is 9.48 Å². The van der Waals surface area contributed by atoms with E-state index >= 15 is 0 Å². The number of carbonyl (C=O) groups is 1. The number of hydrogen-bond acceptors (Lipinski definition) is 4. The van der Waals surface area contributed by atoms with Crippen LogP contribution in [0.5, 0.6) is 5.75 Å². The summed E-state index contributed by atoms with van der Waals surface area (Å²) < 4.78 is 9.32. The fourth-order valence-corrected chi connectivity index (χ4v) is 3.12. The highest BCUT2D eigenvalue weighted by Crippen LogP contribution is 2.19. The van der Waals surface area contributed by atoms with Crippen LogP contribution in [-0.2, 0) is 19.8 Å². The van der Waals surface area contributed by atoms with Crippen molar-refractivity contribution in [3.63, 3.8) is 0 Å². The van der Waals surface area contributed by atoms with Crippen LogP contribution in [0, 0.1) is 6.92 Å². The number of aryl methyl sites for hydroxylation is 1. The molecule has 0 radical (unpaired) electrons. The predicted molar refractivity (Wildman–Crippen MR) is 112 cm³/mol. The number of amides is 1. The fourth-order valence-electron chi connectivity index (χ4n) is 3.12. The lowest BCUT2D eigenvalue weighted by molar-refractivity contribution is 0.0777. The number of nitrogens with zero attached hydrogens (tertiary/aromatic N) is 5. The van der Waals surface area contributed by atoms with Crippen LogP contribution in [0.3, 0.4) is 0 Å². The fraction of sp³-hybridized carbons (Fsp3) is 0.409. The van der Waals surface area contributed by atoms with E-state index in [0.29, 0.717) is 18.2 Å². The molecule has 0 N–H and O–H groups in total. The molecule has 3 rings (SSSR count). The van der Waals surface area contributed by atoms with Crippen LogP contribution >= 0.6 is 0 Å². The molecule has 0 atom stereocenters. The third-order valence-corrected chi connectivity index (χ3v) is 5.03. The van der Waals surface area contributed by atoms with Gasteiger partial charge in [0, 0.05) is 37.6 Å². The van der Waals surface area contributed by atoms with Crippen molar-refractivity contribution in [3.8, 4) is 5.75 Å². The summed E-state index contributed by atoms with van der Waals surface area (Å²) in [5, 5.41) is 8.69. The van der Waals surface area contributed by atoms with Crippen LogP contribution in [0.15, 0.2) is 42.7 Å². The average Bonchev–Trinajstić information content (AvgIpc) is 3.33. The number of hydrogen-bond donors (Lipinski definition) is 0. The molecule has 1 amide bonds. The third-order valence-electron chi connectivity index (χ3n) is 5.03. The van der Waals surface area contributed by atoms with Crippen molar-refractivity contribution < 1.29 is 9.53 Å². The van der Waals surface area contributed by atoms with Crippen molar-refractivity contribution in [2.24, 2.45) is 0 Å². The first-order valence-electron chi connectivity index (χ1n) is 9.92. The third kappa shape index (κ3) is 4.85. The Balaban J connectivity index is 1.58. The van der Waals surface area contributed by atoms with Gasteiger partial charge in [0.05, 0.1) is 6.20 Å². The summed E-state index contributed by atoms with van der Waals surface area (Å²) in [6.07, 6.45) is 3.57. The van der Waals surface area contributed by atoms with Crippen LogP contribution in [0.2, 0.25) is 0 Å². The monoisotopic (exact) mass is 395 g/mol. The Kier molecular flexibility index (Phi) is 6.36. The van der Waals surface area contributed by atoms with Crippen molar-refractivity contribution in [1.82, 2.24) is 24.5 Å². The molecule has 7 nitrogen and oxygen atoms in total. The molecule has 0 spiro atoms. The van der Waals surface area contributed by atoms with E-state index in [9.17, 15) is 4.79 Å². The van der Waals surface area contributed by atoms with Gasteiger partial charge in [-0.05, 0) is 43.5 Å². The molecule has 0 bridgehead atoms. The maximum atomic E-state index is 12.7. The highest BCUT2D eigenvalue weighted by Gasteiger charge is 2.17. The van der Waals surface area contributed by atoms with Crippen molar-refractivity contribution in [3.05, 3.63) is 65.2 Å². The average molecular weight is 396 g/mol. The molecule has 0 aliphatic carbocycles. The Bertz CT molecular complexity index is 956. The van der Waals surface area contributed by atoms with Gasteiger partial charge in [-0.2, -0.15) is 10.2 Å². The second-order valence-electron chi connectivity index (χ2n) is 7.47. The van der Waals surface area contributed by atoms with Crippen LogP contribution in [0.25, 0.3) is 0 Å². The molecule has 0 aliphatic rings. The largest absolute Gasteiger partial charge is 0.471 e. The maximum Gasteiger partial charge on any atom is 0.274 e. The summed E-state index contributed by atoms with van der Waals surface area (Å²) in [5.74, 6) is 1.13. The smallest absolute Gasteiger partial charge is 0.274 e. The minimum Gasteiger partial charge on any atom is -0.471 e. The van der Waals surface area contributed by atoms with Gasteiger partial charge >= 0.3 is 0 Å². The normalized spacial score (nSPS) is 11.1. The Morgan fingerprint density at radius 1 is 1.21 bits per heavy atom. The van der Waals surface area contributed by atoms with E-state index in [0.717, 1.165) is 23.6 Å². The molecular formula is C22H29N5O2. The lowest BCUT2D eigenvalue weighted by atomic mass is 10.0. The Labute approximate surface area is 171 Å². The van der Waals surface area contributed by atoms with Gasteiger partial charge in [-0.1, -0.05) is 26.0 Å². The number of aromatic nitrogens is 4. The maximum absolute atomic E-state index is 12.7. The first-order valence-corrected chi connectivity index (χ1v) is 9.92. The lowest BCUT2D eigenvalue weighted by Crippen LogP contribution is -2.27. The molecule has 0 fully saturated rings. The summed E-state index contributed by atoms with van der Waals surface area (Å²) in [6.45, 7) is 9.94. The summed E-state index contributed by atoms with van der Waals surface area (Å²) in [6, 6.07) is 9.76. The Hall–Kier alpha value is -3.09. The van der Waals surface area contributed by atoms with E-state index in [-0.39, 0.29) is 12.6 Å². The minimum absolute atomic E-state index is 0.131. The van der Waals surface area contributed by atoms with E-state index in [1.165, 1.54) is 5.56 Å². The molecule has 154 valence electrons. The molecule has 7 heteroatoms. The van der Waals surface area contributed by atoms with Gasteiger partial charge in [0.1, 0.15) is 5.75 Å². The summed E-state index contributed by atoms with van der Waals surface area (Å²) in [7, 11) is 1.77. The number of carbonyl (C=O) groups excluding carboxylic acids is 1. The first-order chi connectivity index (χ1) is 13.9. The van der Waals surface area contributed by atoms with Crippen LogP contribution < -0.4 is 4.74 Å². The van der Waals surface area contributed by atoms with Crippen LogP contribution in [0.4, 0.5) is 0 Å². The number of benzene rings is 1. The van der Waals surface area contributed by atoms with Crippen molar-refractivity contribution in [2.45, 2.75) is 53.4 Å². The van der Waals surface area contributed by atoms with E-state index in [4.69, 9.17) is 4.74 Å². The van der Waals surface area contributed by atoms with Crippen molar-refractivity contribution in [1.29, 1.82) is 0 Å². The molecule has 0 saturated carbocycles.